The van der Waals surface area contributed by atoms with Gasteiger partial charge in [-0.1, -0.05) is 30.3 Å². The van der Waals surface area contributed by atoms with Gasteiger partial charge in [0.1, 0.15) is 5.76 Å². The molecule has 18 heavy (non-hydrogen) atoms. The van der Waals surface area contributed by atoms with Crippen LogP contribution in [0.1, 0.15) is 11.1 Å². The van der Waals surface area contributed by atoms with Gasteiger partial charge in [0.25, 0.3) is 0 Å². The highest BCUT2D eigenvalue weighted by Gasteiger charge is 2.18. The Bertz CT molecular complexity index is 708. The van der Waals surface area contributed by atoms with E-state index in [1.165, 1.54) is 22.3 Å². The van der Waals surface area contributed by atoms with Crippen LogP contribution in [0.5, 0.6) is 0 Å². The standard InChI is InChI=1S/C17H11O/c1-2-5-15-12(4-1)10-14-11-13(7-8-16(14)15)17-6-3-9-18-17/h1-9H,10H2. The van der Waals surface area contributed by atoms with Crippen LogP contribution in [-0.2, 0) is 6.42 Å². The molecule has 0 atom stereocenters. The predicted molar refractivity (Wildman–Crippen MR) is 71.2 cm³/mol. The molecule has 0 fully saturated rings. The molecular formula is C17H11O. The molecule has 1 radical (unpaired) electrons. The highest BCUT2D eigenvalue weighted by Crippen LogP contribution is 2.37. The molecule has 85 valence electrons. The molecule has 0 amide bonds. The van der Waals surface area contributed by atoms with Gasteiger partial charge in [0.15, 0.2) is 0 Å². The van der Waals surface area contributed by atoms with Crippen LogP contribution in [0, 0.1) is 6.07 Å². The van der Waals surface area contributed by atoms with Gasteiger partial charge in [-0.15, -0.1) is 0 Å². The first kappa shape index (κ1) is 9.72. The lowest BCUT2D eigenvalue weighted by Crippen LogP contribution is -1.83. The third-order valence-corrected chi connectivity index (χ3v) is 3.49. The van der Waals surface area contributed by atoms with Crippen LogP contribution >= 0.6 is 0 Å². The van der Waals surface area contributed by atoms with E-state index in [4.69, 9.17) is 4.42 Å². The fraction of sp³-hybridized carbons (Fsp3) is 0.0588. The van der Waals surface area contributed by atoms with Gasteiger partial charge in [0, 0.05) is 5.56 Å². The van der Waals surface area contributed by atoms with E-state index in [0.29, 0.717) is 0 Å². The molecule has 1 nitrogen and oxygen atoms in total. The van der Waals surface area contributed by atoms with Crippen molar-refractivity contribution in [2.45, 2.75) is 6.42 Å². The summed E-state index contributed by atoms with van der Waals surface area (Å²) in [7, 11) is 0. The van der Waals surface area contributed by atoms with Gasteiger partial charge >= 0.3 is 0 Å². The summed E-state index contributed by atoms with van der Waals surface area (Å²) in [6, 6.07) is 20.2. The highest BCUT2D eigenvalue weighted by molar-refractivity contribution is 5.78. The maximum Gasteiger partial charge on any atom is 0.134 e. The lowest BCUT2D eigenvalue weighted by atomic mass is 10.0. The van der Waals surface area contributed by atoms with E-state index >= 15 is 0 Å². The van der Waals surface area contributed by atoms with Gasteiger partial charge in [-0.05, 0) is 52.9 Å². The van der Waals surface area contributed by atoms with E-state index in [1.54, 1.807) is 6.26 Å². The van der Waals surface area contributed by atoms with Gasteiger partial charge in [-0.3, -0.25) is 0 Å². The minimum absolute atomic E-state index is 0.883. The predicted octanol–water partition coefficient (Wildman–Crippen LogP) is 4.32. The molecule has 2 aromatic carbocycles. The Labute approximate surface area is 106 Å². The molecule has 0 unspecified atom stereocenters. The number of fused-ring (bicyclic) bond motifs is 3. The van der Waals surface area contributed by atoms with Crippen molar-refractivity contribution < 1.29 is 4.42 Å². The van der Waals surface area contributed by atoms with Gasteiger partial charge in [0.2, 0.25) is 0 Å². The monoisotopic (exact) mass is 231 g/mol. The summed E-state index contributed by atoms with van der Waals surface area (Å²) in [5, 5.41) is 0. The van der Waals surface area contributed by atoms with Gasteiger partial charge in [-0.25, -0.2) is 0 Å². The molecule has 4 rings (SSSR count). The number of hydrogen-bond acceptors (Lipinski definition) is 1. The number of hydrogen-bond donors (Lipinski definition) is 0. The van der Waals surface area contributed by atoms with Crippen LogP contribution in [0.2, 0.25) is 0 Å². The molecule has 0 saturated carbocycles. The summed E-state index contributed by atoms with van der Waals surface area (Å²) in [5.74, 6) is 0.883. The third kappa shape index (κ3) is 1.34. The Morgan fingerprint density at radius 1 is 0.889 bits per heavy atom. The largest absolute Gasteiger partial charge is 0.464 e. The Hall–Kier alpha value is -2.28. The van der Waals surface area contributed by atoms with Crippen molar-refractivity contribution in [2.24, 2.45) is 0 Å². The molecule has 1 aliphatic rings. The van der Waals surface area contributed by atoms with E-state index in [2.05, 4.69) is 42.5 Å². The first-order valence-corrected chi connectivity index (χ1v) is 6.09. The summed E-state index contributed by atoms with van der Waals surface area (Å²) < 4.78 is 5.43. The minimum Gasteiger partial charge on any atom is -0.464 e. The summed E-state index contributed by atoms with van der Waals surface area (Å²) in [5.41, 5.74) is 6.34. The Morgan fingerprint density at radius 2 is 1.83 bits per heavy atom. The summed E-state index contributed by atoms with van der Waals surface area (Å²) in [6.45, 7) is 0. The third-order valence-electron chi connectivity index (χ3n) is 3.49. The smallest absolute Gasteiger partial charge is 0.134 e. The van der Waals surface area contributed by atoms with Crippen LogP contribution in [0.3, 0.4) is 0 Å². The van der Waals surface area contributed by atoms with Gasteiger partial charge < -0.3 is 4.42 Å². The average molecular weight is 231 g/mol. The van der Waals surface area contributed by atoms with E-state index in [0.717, 1.165) is 17.7 Å². The normalized spacial score (nSPS) is 12.2. The molecule has 1 heteroatoms. The molecule has 0 saturated heterocycles. The lowest BCUT2D eigenvalue weighted by Gasteiger charge is -2.02. The fourth-order valence-corrected chi connectivity index (χ4v) is 2.63. The zero-order valence-corrected chi connectivity index (χ0v) is 9.81. The topological polar surface area (TPSA) is 13.1 Å². The van der Waals surface area contributed by atoms with Crippen molar-refractivity contribution in [3.63, 3.8) is 0 Å². The quantitative estimate of drug-likeness (QED) is 0.475. The molecule has 0 spiro atoms. The highest BCUT2D eigenvalue weighted by atomic mass is 16.3. The van der Waals surface area contributed by atoms with Crippen LogP contribution < -0.4 is 0 Å². The molecule has 0 bridgehead atoms. The second kappa shape index (κ2) is 3.61. The summed E-state index contributed by atoms with van der Waals surface area (Å²) >= 11 is 0. The zero-order valence-electron chi connectivity index (χ0n) is 9.81. The maximum atomic E-state index is 5.43. The lowest BCUT2D eigenvalue weighted by molar-refractivity contribution is 0.582. The van der Waals surface area contributed by atoms with Crippen molar-refractivity contribution in [2.75, 3.05) is 0 Å². The molecule has 1 aromatic heterocycles. The minimum atomic E-state index is 0.883. The Morgan fingerprint density at radius 3 is 2.72 bits per heavy atom. The van der Waals surface area contributed by atoms with Crippen LogP contribution in [0.15, 0.2) is 59.2 Å². The first-order valence-electron chi connectivity index (χ1n) is 6.09. The fourth-order valence-electron chi connectivity index (χ4n) is 2.63. The van der Waals surface area contributed by atoms with Crippen molar-refractivity contribution in [1.29, 1.82) is 0 Å². The van der Waals surface area contributed by atoms with Crippen molar-refractivity contribution in [1.82, 2.24) is 0 Å². The molecule has 0 N–H and O–H groups in total. The first-order chi connectivity index (χ1) is 8.92. The van der Waals surface area contributed by atoms with E-state index in [9.17, 15) is 0 Å². The Balaban J connectivity index is 1.87. The van der Waals surface area contributed by atoms with Crippen LogP contribution in [0.4, 0.5) is 0 Å². The Kier molecular flexibility index (Phi) is 1.95. The zero-order chi connectivity index (χ0) is 11.9. The van der Waals surface area contributed by atoms with Crippen LogP contribution in [-0.4, -0.2) is 0 Å². The number of benzene rings is 2. The van der Waals surface area contributed by atoms with Crippen molar-refractivity contribution in [3.05, 3.63) is 72.0 Å². The number of rotatable bonds is 1. The van der Waals surface area contributed by atoms with E-state index < -0.39 is 0 Å². The van der Waals surface area contributed by atoms with Crippen LogP contribution in [0.25, 0.3) is 22.5 Å². The van der Waals surface area contributed by atoms with Crippen molar-refractivity contribution in [3.8, 4) is 22.5 Å². The second-order valence-electron chi connectivity index (χ2n) is 4.58. The van der Waals surface area contributed by atoms with Crippen molar-refractivity contribution >= 4 is 0 Å². The molecule has 3 aromatic rings. The average Bonchev–Trinajstić information content (AvgIpc) is 3.05. The van der Waals surface area contributed by atoms with E-state index in [1.807, 2.05) is 12.1 Å². The van der Waals surface area contributed by atoms with Gasteiger partial charge in [-0.2, -0.15) is 0 Å². The molecule has 1 heterocycles. The molecule has 0 aliphatic heterocycles. The molecule has 1 aliphatic carbocycles. The van der Waals surface area contributed by atoms with Gasteiger partial charge in [0.05, 0.1) is 6.26 Å². The number of furan rings is 1. The maximum absolute atomic E-state index is 5.43. The van der Waals surface area contributed by atoms with E-state index in [-0.39, 0.29) is 0 Å². The SMILES string of the molecule is [c]1c(-c2ccco2)ccc2c1Cc1ccccc1-2. The summed E-state index contributed by atoms with van der Waals surface area (Å²) in [4.78, 5) is 0. The summed E-state index contributed by atoms with van der Waals surface area (Å²) in [6.07, 6.45) is 2.67. The molecular weight excluding hydrogens is 220 g/mol. The second-order valence-corrected chi connectivity index (χ2v) is 4.58.